The molecular formula is C30H34N4O8. The van der Waals surface area contributed by atoms with Crippen LogP contribution in [0.25, 0.3) is 11.0 Å². The van der Waals surface area contributed by atoms with Gasteiger partial charge in [-0.1, -0.05) is 42.2 Å². The average Bonchev–Trinajstić information content (AvgIpc) is 3.23. The maximum absolute atomic E-state index is 12.9. The van der Waals surface area contributed by atoms with Gasteiger partial charge in [0.25, 0.3) is 0 Å². The average molecular weight is 579 g/mol. The van der Waals surface area contributed by atoms with Gasteiger partial charge in [-0.15, -0.1) is 0 Å². The molecule has 0 spiro atoms. The molecule has 1 atom stereocenters. The Morgan fingerprint density at radius 1 is 0.976 bits per heavy atom. The van der Waals surface area contributed by atoms with E-state index < -0.39 is 18.0 Å². The minimum absolute atomic E-state index is 0.189. The lowest BCUT2D eigenvalue weighted by molar-refractivity contribution is -0.135. The number of imide groups is 1. The number of piperidine rings is 1. The van der Waals surface area contributed by atoms with Crippen LogP contribution in [0.2, 0.25) is 0 Å². The van der Waals surface area contributed by atoms with Crippen LogP contribution in [-0.2, 0) is 42.2 Å². The predicted molar refractivity (Wildman–Crippen MR) is 153 cm³/mol. The molecule has 1 saturated heterocycles. The number of benzene rings is 2. The smallest absolute Gasteiger partial charge is 0.407 e. The van der Waals surface area contributed by atoms with Gasteiger partial charge in [0.2, 0.25) is 11.8 Å². The van der Waals surface area contributed by atoms with Gasteiger partial charge in [-0.3, -0.25) is 24.0 Å². The highest BCUT2D eigenvalue weighted by molar-refractivity contribution is 6.00. The number of aromatic nitrogens is 2. The lowest BCUT2D eigenvalue weighted by Gasteiger charge is -2.21. The highest BCUT2D eigenvalue weighted by Gasteiger charge is 2.31. The SMILES string of the molecule is Cn1c(=O)n(C2CCC(=O)NC2=O)c2ccc(C#CCOCCOCCOCCNC(=O)OCc3ccccc3)cc21. The Balaban J connectivity index is 1.07. The van der Waals surface area contributed by atoms with E-state index in [1.165, 1.54) is 9.13 Å². The number of imidazole rings is 1. The normalized spacial score (nSPS) is 14.7. The summed E-state index contributed by atoms with van der Waals surface area (Å²) < 4.78 is 24.4. The molecule has 3 aromatic rings. The molecule has 222 valence electrons. The Morgan fingerprint density at radius 2 is 1.71 bits per heavy atom. The Bertz CT molecular complexity index is 1500. The van der Waals surface area contributed by atoms with E-state index in [1.54, 1.807) is 25.2 Å². The third-order valence-electron chi connectivity index (χ3n) is 6.49. The fraction of sp³-hybridized carbons (Fsp3) is 0.400. The second-order valence-corrected chi connectivity index (χ2v) is 9.45. The van der Waals surface area contributed by atoms with Crippen LogP contribution in [0.15, 0.2) is 53.3 Å². The maximum Gasteiger partial charge on any atom is 0.407 e. The second kappa shape index (κ2) is 15.5. The van der Waals surface area contributed by atoms with Crippen LogP contribution in [-0.4, -0.2) is 73.2 Å². The van der Waals surface area contributed by atoms with Gasteiger partial charge >= 0.3 is 11.8 Å². The summed E-state index contributed by atoms with van der Waals surface area (Å²) in [5.74, 6) is 5.16. The molecular weight excluding hydrogens is 544 g/mol. The van der Waals surface area contributed by atoms with Gasteiger partial charge in [-0.05, 0) is 30.2 Å². The van der Waals surface area contributed by atoms with Crippen molar-refractivity contribution < 1.29 is 33.3 Å². The molecule has 1 unspecified atom stereocenters. The number of alkyl carbamates (subject to hydrolysis) is 1. The molecule has 2 heterocycles. The van der Waals surface area contributed by atoms with Crippen molar-refractivity contribution in [1.82, 2.24) is 19.8 Å². The van der Waals surface area contributed by atoms with Crippen molar-refractivity contribution in [1.29, 1.82) is 0 Å². The standard InChI is InChI=1S/C30H34N4O8/c1-33-26-20-22(9-10-24(26)34(30(33)38)25-11-12-27(35)32-28(25)36)8-5-14-39-16-18-41-19-17-40-15-13-31-29(37)42-21-23-6-3-2-4-7-23/h2-4,6-7,9-10,20,25H,11-19,21H2,1H3,(H,31,37)(H,32,35,36). The van der Waals surface area contributed by atoms with Gasteiger partial charge in [-0.25, -0.2) is 9.59 Å². The number of carbonyl (C=O) groups excluding carboxylic acids is 3. The van der Waals surface area contributed by atoms with Crippen molar-refractivity contribution in [2.75, 3.05) is 46.2 Å². The van der Waals surface area contributed by atoms with Gasteiger partial charge in [0.05, 0.1) is 44.1 Å². The molecule has 12 nitrogen and oxygen atoms in total. The van der Waals surface area contributed by atoms with Gasteiger partial charge in [0.15, 0.2) is 0 Å². The fourth-order valence-electron chi connectivity index (χ4n) is 4.37. The molecule has 2 aromatic carbocycles. The first-order chi connectivity index (χ1) is 20.4. The molecule has 1 fully saturated rings. The summed E-state index contributed by atoms with van der Waals surface area (Å²) in [6.45, 7) is 2.64. The van der Waals surface area contributed by atoms with Crippen LogP contribution >= 0.6 is 0 Å². The van der Waals surface area contributed by atoms with Gasteiger partial charge in [0, 0.05) is 25.6 Å². The predicted octanol–water partition coefficient (Wildman–Crippen LogP) is 1.65. The minimum atomic E-state index is -0.726. The molecule has 2 N–H and O–H groups in total. The Kier molecular flexibility index (Phi) is 11.3. The summed E-state index contributed by atoms with van der Waals surface area (Å²) in [4.78, 5) is 48.3. The van der Waals surface area contributed by atoms with Crippen LogP contribution in [0, 0.1) is 11.8 Å². The number of hydrogen-bond acceptors (Lipinski definition) is 8. The van der Waals surface area contributed by atoms with E-state index in [1.807, 2.05) is 30.3 Å². The first-order valence-corrected chi connectivity index (χ1v) is 13.7. The van der Waals surface area contributed by atoms with E-state index in [4.69, 9.17) is 18.9 Å². The van der Waals surface area contributed by atoms with Crippen LogP contribution in [0.4, 0.5) is 4.79 Å². The monoisotopic (exact) mass is 578 g/mol. The lowest BCUT2D eigenvalue weighted by atomic mass is 10.1. The Hall–Kier alpha value is -4.44. The zero-order valence-corrected chi connectivity index (χ0v) is 23.4. The van der Waals surface area contributed by atoms with Crippen LogP contribution in [0.1, 0.15) is 30.0 Å². The number of nitrogens with zero attached hydrogens (tertiary/aromatic N) is 2. The molecule has 0 saturated carbocycles. The van der Waals surface area contributed by atoms with Gasteiger partial charge in [-0.2, -0.15) is 0 Å². The zero-order chi connectivity index (χ0) is 29.7. The third kappa shape index (κ3) is 8.53. The van der Waals surface area contributed by atoms with Crippen molar-refractivity contribution in [3.05, 3.63) is 70.1 Å². The number of fused-ring (bicyclic) bond motifs is 1. The number of rotatable bonds is 13. The molecule has 42 heavy (non-hydrogen) atoms. The summed E-state index contributed by atoms with van der Waals surface area (Å²) >= 11 is 0. The first-order valence-electron chi connectivity index (χ1n) is 13.7. The summed E-state index contributed by atoms with van der Waals surface area (Å²) in [7, 11) is 1.64. The molecule has 0 radical (unpaired) electrons. The van der Waals surface area contributed by atoms with E-state index in [9.17, 15) is 19.2 Å². The van der Waals surface area contributed by atoms with Crippen molar-refractivity contribution in [3.8, 4) is 11.8 Å². The summed E-state index contributed by atoms with van der Waals surface area (Å²) in [6.07, 6.45) is -0.0198. The van der Waals surface area contributed by atoms with Crippen molar-refractivity contribution >= 4 is 28.9 Å². The molecule has 1 aliphatic rings. The molecule has 4 rings (SSSR count). The van der Waals surface area contributed by atoms with Crippen molar-refractivity contribution in [2.24, 2.45) is 7.05 Å². The van der Waals surface area contributed by atoms with Gasteiger partial charge < -0.3 is 24.3 Å². The number of hydrogen-bond donors (Lipinski definition) is 2. The van der Waals surface area contributed by atoms with Crippen molar-refractivity contribution in [3.63, 3.8) is 0 Å². The highest BCUT2D eigenvalue weighted by Crippen LogP contribution is 2.23. The van der Waals surface area contributed by atoms with Crippen LogP contribution < -0.4 is 16.3 Å². The quantitative estimate of drug-likeness (QED) is 0.177. The first kappa shape index (κ1) is 30.5. The number of aryl methyl sites for hydroxylation is 1. The minimum Gasteiger partial charge on any atom is -0.445 e. The molecule has 0 bridgehead atoms. The van der Waals surface area contributed by atoms with E-state index in [0.29, 0.717) is 56.2 Å². The van der Waals surface area contributed by atoms with E-state index in [2.05, 4.69) is 22.5 Å². The maximum atomic E-state index is 12.9. The third-order valence-corrected chi connectivity index (χ3v) is 6.49. The van der Waals surface area contributed by atoms with E-state index in [-0.39, 0.29) is 37.7 Å². The van der Waals surface area contributed by atoms with Crippen molar-refractivity contribution in [2.45, 2.75) is 25.5 Å². The summed E-state index contributed by atoms with van der Waals surface area (Å²) in [5, 5.41) is 4.93. The Labute approximate surface area is 242 Å². The summed E-state index contributed by atoms with van der Waals surface area (Å²) in [6, 6.07) is 14.0. The lowest BCUT2D eigenvalue weighted by Crippen LogP contribution is -2.44. The Morgan fingerprint density at radius 3 is 2.48 bits per heavy atom. The highest BCUT2D eigenvalue weighted by atomic mass is 16.6. The number of amides is 3. The van der Waals surface area contributed by atoms with Crippen LogP contribution in [0.3, 0.4) is 0 Å². The number of nitrogens with one attached hydrogen (secondary N) is 2. The topological polar surface area (TPSA) is 139 Å². The fourth-order valence-corrected chi connectivity index (χ4v) is 4.37. The largest absolute Gasteiger partial charge is 0.445 e. The van der Waals surface area contributed by atoms with E-state index >= 15 is 0 Å². The molecule has 1 aliphatic heterocycles. The summed E-state index contributed by atoms with van der Waals surface area (Å²) in [5.41, 5.74) is 2.55. The molecule has 0 aliphatic carbocycles. The van der Waals surface area contributed by atoms with Gasteiger partial charge in [0.1, 0.15) is 19.3 Å². The van der Waals surface area contributed by atoms with E-state index in [0.717, 1.165) is 5.56 Å². The molecule has 12 heteroatoms. The number of ether oxygens (including phenoxy) is 4. The number of carbonyl (C=O) groups is 3. The zero-order valence-electron chi connectivity index (χ0n) is 23.4. The second-order valence-electron chi connectivity index (χ2n) is 9.45. The molecule has 1 aromatic heterocycles. The van der Waals surface area contributed by atoms with Crippen LogP contribution in [0.5, 0.6) is 0 Å². The molecule has 3 amide bonds.